The first-order valence-corrected chi connectivity index (χ1v) is 11.5. The molecule has 0 saturated carbocycles. The number of likely N-dealkylation sites (tertiary alicyclic amines) is 1. The maximum absolute atomic E-state index is 13.9. The molecule has 3 aromatic rings. The lowest BCUT2D eigenvalue weighted by Gasteiger charge is -2.37. The molecule has 1 amide bonds. The summed E-state index contributed by atoms with van der Waals surface area (Å²) in [7, 11) is 1.61. The molecule has 3 aromatic carbocycles. The Labute approximate surface area is 199 Å². The number of rotatable bonds is 6. The van der Waals surface area contributed by atoms with Crippen LogP contribution in [0.5, 0.6) is 5.75 Å². The number of piperidine rings is 1. The van der Waals surface area contributed by atoms with E-state index in [4.69, 9.17) is 16.3 Å². The first-order valence-electron chi connectivity index (χ1n) is 11.1. The standard InChI is InChI=1S/C27H28ClFN2O2/c1-18-13-19(7-12-26(18)29)21-14-22(27(32)30-23-8-10-24(33-2)11-9-23)17-31(16-21)15-20-5-3-4-6-25(20)28/h3-13,21-22H,14-17H2,1-2H3,(H,30,32)/t21-,22-/m1/s1. The van der Waals surface area contributed by atoms with Crippen molar-refractivity contribution in [2.75, 3.05) is 25.5 Å². The maximum Gasteiger partial charge on any atom is 0.228 e. The van der Waals surface area contributed by atoms with Crippen molar-refractivity contribution in [3.63, 3.8) is 0 Å². The zero-order valence-corrected chi connectivity index (χ0v) is 19.6. The first kappa shape index (κ1) is 23.3. The Balaban J connectivity index is 1.55. The van der Waals surface area contributed by atoms with E-state index in [0.717, 1.165) is 34.1 Å². The van der Waals surface area contributed by atoms with E-state index in [1.807, 2.05) is 60.7 Å². The lowest BCUT2D eigenvalue weighted by Crippen LogP contribution is -2.43. The normalized spacial score (nSPS) is 18.7. The Morgan fingerprint density at radius 3 is 2.58 bits per heavy atom. The van der Waals surface area contributed by atoms with Gasteiger partial charge in [0.25, 0.3) is 0 Å². The summed E-state index contributed by atoms with van der Waals surface area (Å²) in [4.78, 5) is 15.5. The number of aryl methyl sites for hydroxylation is 1. The van der Waals surface area contributed by atoms with E-state index >= 15 is 0 Å². The number of ether oxygens (including phenoxy) is 1. The van der Waals surface area contributed by atoms with Gasteiger partial charge in [-0.15, -0.1) is 0 Å². The lowest BCUT2D eigenvalue weighted by molar-refractivity contribution is -0.121. The molecule has 1 saturated heterocycles. The van der Waals surface area contributed by atoms with Gasteiger partial charge in [0.2, 0.25) is 5.91 Å². The highest BCUT2D eigenvalue weighted by molar-refractivity contribution is 6.31. The number of carbonyl (C=O) groups is 1. The summed E-state index contributed by atoms with van der Waals surface area (Å²) in [6.07, 6.45) is 0.700. The molecule has 1 aliphatic heterocycles. The smallest absolute Gasteiger partial charge is 0.228 e. The number of methoxy groups -OCH3 is 1. The molecular weight excluding hydrogens is 439 g/mol. The first-order chi connectivity index (χ1) is 15.9. The molecule has 0 spiro atoms. The topological polar surface area (TPSA) is 41.6 Å². The predicted molar refractivity (Wildman–Crippen MR) is 130 cm³/mol. The van der Waals surface area contributed by atoms with Crippen LogP contribution in [0.15, 0.2) is 66.7 Å². The van der Waals surface area contributed by atoms with Crippen LogP contribution < -0.4 is 10.1 Å². The molecule has 1 heterocycles. The number of amides is 1. The van der Waals surface area contributed by atoms with Gasteiger partial charge in [-0.25, -0.2) is 4.39 Å². The number of carbonyl (C=O) groups excluding carboxylic acids is 1. The van der Waals surface area contributed by atoms with Gasteiger partial charge in [-0.3, -0.25) is 9.69 Å². The zero-order chi connectivity index (χ0) is 23.4. The minimum atomic E-state index is -0.212. The molecule has 0 unspecified atom stereocenters. The van der Waals surface area contributed by atoms with Gasteiger partial charge < -0.3 is 10.1 Å². The second kappa shape index (κ2) is 10.4. The molecule has 0 aromatic heterocycles. The Morgan fingerprint density at radius 2 is 1.88 bits per heavy atom. The van der Waals surface area contributed by atoms with Crippen LogP contribution in [-0.2, 0) is 11.3 Å². The molecule has 0 radical (unpaired) electrons. The third-order valence-corrected chi connectivity index (χ3v) is 6.63. The quantitative estimate of drug-likeness (QED) is 0.481. The summed E-state index contributed by atoms with van der Waals surface area (Å²) < 4.78 is 19.1. The van der Waals surface area contributed by atoms with Gasteiger partial charge in [0.05, 0.1) is 13.0 Å². The fraction of sp³-hybridized carbons (Fsp3) is 0.296. The second-order valence-electron chi connectivity index (χ2n) is 8.64. The Bertz CT molecular complexity index is 1120. The largest absolute Gasteiger partial charge is 0.497 e. The van der Waals surface area contributed by atoms with Gasteiger partial charge in [0.1, 0.15) is 11.6 Å². The second-order valence-corrected chi connectivity index (χ2v) is 9.05. The number of benzene rings is 3. The van der Waals surface area contributed by atoms with Gasteiger partial charge in [-0.05, 0) is 72.4 Å². The molecule has 1 fully saturated rings. The van der Waals surface area contributed by atoms with Crippen LogP contribution in [0.2, 0.25) is 5.02 Å². The van der Waals surface area contributed by atoms with E-state index in [9.17, 15) is 9.18 Å². The van der Waals surface area contributed by atoms with Crippen molar-refractivity contribution in [2.24, 2.45) is 5.92 Å². The van der Waals surface area contributed by atoms with E-state index in [2.05, 4.69) is 10.2 Å². The van der Waals surface area contributed by atoms with E-state index in [1.54, 1.807) is 14.0 Å². The molecule has 4 nitrogen and oxygen atoms in total. The summed E-state index contributed by atoms with van der Waals surface area (Å²) in [6.45, 7) is 3.84. The van der Waals surface area contributed by atoms with Gasteiger partial charge in [-0.1, -0.05) is 41.9 Å². The average Bonchev–Trinajstić information content (AvgIpc) is 2.82. The minimum Gasteiger partial charge on any atom is -0.497 e. The monoisotopic (exact) mass is 466 g/mol. The fourth-order valence-electron chi connectivity index (χ4n) is 4.46. The molecule has 2 atom stereocenters. The molecule has 0 bridgehead atoms. The van der Waals surface area contributed by atoms with E-state index in [0.29, 0.717) is 25.1 Å². The highest BCUT2D eigenvalue weighted by Gasteiger charge is 2.33. The summed E-state index contributed by atoms with van der Waals surface area (Å²) >= 11 is 6.41. The SMILES string of the molecule is COc1ccc(NC(=O)[C@@H]2C[C@@H](c3ccc(F)c(C)c3)CN(Cc3ccccc3Cl)C2)cc1. The summed E-state index contributed by atoms with van der Waals surface area (Å²) in [5, 5.41) is 3.76. The van der Waals surface area contributed by atoms with Crippen LogP contribution in [0.4, 0.5) is 10.1 Å². The summed E-state index contributed by atoms with van der Waals surface area (Å²) in [5.41, 5.74) is 3.44. The number of halogens is 2. The van der Waals surface area contributed by atoms with Crippen LogP contribution in [0.1, 0.15) is 29.0 Å². The van der Waals surface area contributed by atoms with Crippen molar-refractivity contribution >= 4 is 23.2 Å². The molecule has 4 rings (SSSR count). The molecule has 1 aliphatic rings. The van der Waals surface area contributed by atoms with Gasteiger partial charge in [-0.2, -0.15) is 0 Å². The molecular formula is C27H28ClFN2O2. The summed E-state index contributed by atoms with van der Waals surface area (Å²) in [6, 6.07) is 20.4. The van der Waals surface area contributed by atoms with Gasteiger partial charge >= 0.3 is 0 Å². The lowest BCUT2D eigenvalue weighted by atomic mass is 9.83. The molecule has 172 valence electrons. The van der Waals surface area contributed by atoms with Crippen molar-refractivity contribution in [1.29, 1.82) is 0 Å². The van der Waals surface area contributed by atoms with Crippen molar-refractivity contribution in [2.45, 2.75) is 25.8 Å². The fourth-order valence-corrected chi connectivity index (χ4v) is 4.65. The highest BCUT2D eigenvalue weighted by atomic mass is 35.5. The third kappa shape index (κ3) is 5.73. The molecule has 1 N–H and O–H groups in total. The molecule has 33 heavy (non-hydrogen) atoms. The number of nitrogens with zero attached hydrogens (tertiary/aromatic N) is 1. The van der Waals surface area contributed by atoms with Crippen LogP contribution in [-0.4, -0.2) is 31.0 Å². The Hall–Kier alpha value is -2.89. The minimum absolute atomic E-state index is 0.0205. The van der Waals surface area contributed by atoms with Crippen molar-refractivity contribution in [1.82, 2.24) is 4.90 Å². The highest BCUT2D eigenvalue weighted by Crippen LogP contribution is 2.33. The Morgan fingerprint density at radius 1 is 1.12 bits per heavy atom. The molecule has 0 aliphatic carbocycles. The van der Waals surface area contributed by atoms with Crippen LogP contribution >= 0.6 is 11.6 Å². The zero-order valence-electron chi connectivity index (χ0n) is 18.9. The van der Waals surface area contributed by atoms with Gasteiger partial charge in [0.15, 0.2) is 0 Å². The summed E-state index contributed by atoms with van der Waals surface area (Å²) in [5.74, 6) is 0.415. The maximum atomic E-state index is 13.9. The average molecular weight is 467 g/mol. The van der Waals surface area contributed by atoms with Crippen molar-refractivity contribution in [3.8, 4) is 5.75 Å². The van der Waals surface area contributed by atoms with E-state index < -0.39 is 0 Å². The van der Waals surface area contributed by atoms with Crippen LogP contribution in [0, 0.1) is 18.7 Å². The van der Waals surface area contributed by atoms with E-state index in [1.165, 1.54) is 6.07 Å². The van der Waals surface area contributed by atoms with Crippen LogP contribution in [0.3, 0.4) is 0 Å². The number of anilines is 1. The van der Waals surface area contributed by atoms with Crippen LogP contribution in [0.25, 0.3) is 0 Å². The molecule has 6 heteroatoms. The van der Waals surface area contributed by atoms with Crippen molar-refractivity contribution < 1.29 is 13.9 Å². The number of hydrogen-bond donors (Lipinski definition) is 1. The van der Waals surface area contributed by atoms with Crippen molar-refractivity contribution in [3.05, 3.63) is 94.3 Å². The number of hydrogen-bond acceptors (Lipinski definition) is 3. The third-order valence-electron chi connectivity index (χ3n) is 6.26. The Kier molecular flexibility index (Phi) is 7.31. The van der Waals surface area contributed by atoms with E-state index in [-0.39, 0.29) is 23.6 Å². The number of nitrogens with one attached hydrogen (secondary N) is 1. The predicted octanol–water partition coefficient (Wildman–Crippen LogP) is 6.04. The van der Waals surface area contributed by atoms with Gasteiger partial charge in [0, 0.05) is 30.3 Å².